The molecule has 186 valence electrons. The van der Waals surface area contributed by atoms with Gasteiger partial charge in [-0.2, -0.15) is 0 Å². The maximum Gasteiger partial charge on any atom is 0.409 e. The number of carbonyl (C=O) groups excluding carboxylic acids is 1. The zero-order valence-electron chi connectivity index (χ0n) is 19.7. The topological polar surface area (TPSA) is 155 Å². The summed E-state index contributed by atoms with van der Waals surface area (Å²) in [6, 6.07) is 0. The summed E-state index contributed by atoms with van der Waals surface area (Å²) in [5.41, 5.74) is -5.87. The average Bonchev–Trinajstić information content (AvgIpc) is 2.61. The second-order valence-electron chi connectivity index (χ2n) is 9.02. The molecule has 0 saturated heterocycles. The zero-order chi connectivity index (χ0) is 25.1. The van der Waals surface area contributed by atoms with Gasteiger partial charge in [0.05, 0.1) is 0 Å². The van der Waals surface area contributed by atoms with Crippen molar-refractivity contribution in [3.8, 4) is 0 Å². The SMILES string of the molecule is CN(C)C(=O)OCC(C)(O)C(OC1=NC=C1)C(C)(O)C(OC1=NC=C1)C(C)(O)COC1=NC=C1. The van der Waals surface area contributed by atoms with Gasteiger partial charge in [0.25, 0.3) is 0 Å². The molecule has 0 bridgehead atoms. The van der Waals surface area contributed by atoms with E-state index in [4.69, 9.17) is 18.9 Å². The van der Waals surface area contributed by atoms with E-state index in [1.54, 1.807) is 12.2 Å². The van der Waals surface area contributed by atoms with Crippen molar-refractivity contribution in [3.63, 3.8) is 0 Å². The molecule has 0 spiro atoms. The standard InChI is InChI=1S/C22H30N4O8/c1-20(28,12-31-14-6-9-23-14)17(33-15-7-10-24-15)22(3,30)18(34-16-8-11-25-16)21(2,29)13-32-19(27)26(4)5/h6-11,17-18,28-30H,12-13H2,1-5H3. The van der Waals surface area contributed by atoms with E-state index in [1.807, 2.05) is 0 Å². The quantitative estimate of drug-likeness (QED) is 0.410. The second-order valence-corrected chi connectivity index (χ2v) is 9.02. The summed E-state index contributed by atoms with van der Waals surface area (Å²) in [5.74, 6) is 0.600. The van der Waals surface area contributed by atoms with E-state index in [1.165, 1.54) is 64.4 Å². The molecule has 3 aliphatic heterocycles. The third-order valence-corrected chi connectivity index (χ3v) is 5.29. The van der Waals surface area contributed by atoms with Gasteiger partial charge in [-0.15, -0.1) is 0 Å². The van der Waals surface area contributed by atoms with E-state index < -0.39 is 41.7 Å². The Kier molecular flexibility index (Phi) is 7.15. The lowest BCUT2D eigenvalue weighted by molar-refractivity contribution is -0.233. The molecule has 0 aromatic carbocycles. The molecule has 1 amide bonds. The number of hydrogen-bond acceptors (Lipinski definition) is 11. The van der Waals surface area contributed by atoms with Gasteiger partial charge in [0, 0.05) is 50.9 Å². The fraction of sp³-hybridized carbons (Fsp3) is 0.545. The van der Waals surface area contributed by atoms with Gasteiger partial charge in [-0.05, 0) is 20.8 Å². The molecule has 0 fully saturated rings. The Bertz CT molecular complexity index is 975. The second kappa shape index (κ2) is 9.57. The van der Waals surface area contributed by atoms with Crippen LogP contribution in [-0.4, -0.2) is 100 Å². The fourth-order valence-corrected chi connectivity index (χ4v) is 3.47. The lowest BCUT2D eigenvalue weighted by Gasteiger charge is -2.48. The first-order valence-corrected chi connectivity index (χ1v) is 10.5. The molecule has 34 heavy (non-hydrogen) atoms. The molecule has 12 heteroatoms. The summed E-state index contributed by atoms with van der Waals surface area (Å²) in [4.78, 5) is 24.9. The van der Waals surface area contributed by atoms with Crippen molar-refractivity contribution < 1.29 is 39.1 Å². The zero-order valence-corrected chi connectivity index (χ0v) is 19.7. The molecule has 3 aliphatic rings. The van der Waals surface area contributed by atoms with Crippen LogP contribution < -0.4 is 0 Å². The molecule has 0 saturated carbocycles. The summed E-state index contributed by atoms with van der Waals surface area (Å²) < 4.78 is 22.3. The highest BCUT2D eigenvalue weighted by atomic mass is 16.6. The number of aliphatic imine (C=N–C) groups is 3. The first kappa shape index (κ1) is 25.4. The first-order chi connectivity index (χ1) is 15.8. The third-order valence-electron chi connectivity index (χ3n) is 5.29. The molecule has 12 nitrogen and oxygen atoms in total. The number of hydrogen-bond donors (Lipinski definition) is 3. The van der Waals surface area contributed by atoms with Crippen LogP contribution in [0.4, 0.5) is 4.79 Å². The summed E-state index contributed by atoms with van der Waals surface area (Å²) >= 11 is 0. The number of aliphatic hydroxyl groups is 3. The van der Waals surface area contributed by atoms with Crippen molar-refractivity contribution in [1.82, 2.24) is 4.90 Å². The predicted octanol–water partition coefficient (Wildman–Crippen LogP) is 0.502. The minimum Gasteiger partial charge on any atom is -0.474 e. The highest BCUT2D eigenvalue weighted by molar-refractivity contribution is 5.93. The van der Waals surface area contributed by atoms with E-state index in [0.717, 1.165) is 0 Å². The monoisotopic (exact) mass is 478 g/mol. The maximum absolute atomic E-state index is 12.0. The lowest BCUT2D eigenvalue weighted by atomic mass is 9.76. The Morgan fingerprint density at radius 3 is 1.62 bits per heavy atom. The minimum absolute atomic E-state index is 0.133. The average molecular weight is 479 g/mol. The van der Waals surface area contributed by atoms with Crippen LogP contribution in [0.15, 0.2) is 51.8 Å². The van der Waals surface area contributed by atoms with Gasteiger partial charge in [-0.3, -0.25) is 0 Å². The van der Waals surface area contributed by atoms with Crippen molar-refractivity contribution in [2.45, 2.75) is 49.8 Å². The molecule has 0 aromatic rings. The van der Waals surface area contributed by atoms with Gasteiger partial charge >= 0.3 is 6.09 Å². The molecule has 5 unspecified atom stereocenters. The van der Waals surface area contributed by atoms with Gasteiger partial charge in [-0.25, -0.2) is 19.8 Å². The molecule has 3 rings (SSSR count). The van der Waals surface area contributed by atoms with Gasteiger partial charge in [0.1, 0.15) is 30.0 Å². The van der Waals surface area contributed by atoms with Crippen molar-refractivity contribution in [2.75, 3.05) is 27.3 Å². The Morgan fingerprint density at radius 2 is 1.26 bits per heavy atom. The van der Waals surface area contributed by atoms with Gasteiger partial charge in [-0.1, -0.05) is 0 Å². The Balaban J connectivity index is 1.89. The van der Waals surface area contributed by atoms with Crippen LogP contribution in [0.2, 0.25) is 0 Å². The third kappa shape index (κ3) is 5.64. The van der Waals surface area contributed by atoms with Crippen LogP contribution in [0.3, 0.4) is 0 Å². The Hall–Kier alpha value is -3.22. The Labute approximate surface area is 197 Å². The van der Waals surface area contributed by atoms with E-state index in [9.17, 15) is 20.1 Å². The summed E-state index contributed by atoms with van der Waals surface area (Å²) in [6.45, 7) is 3.21. The van der Waals surface area contributed by atoms with Crippen molar-refractivity contribution >= 4 is 23.8 Å². The van der Waals surface area contributed by atoms with E-state index in [-0.39, 0.29) is 18.4 Å². The largest absolute Gasteiger partial charge is 0.474 e. The first-order valence-electron chi connectivity index (χ1n) is 10.5. The van der Waals surface area contributed by atoms with Gasteiger partial charge in [0.2, 0.25) is 17.7 Å². The van der Waals surface area contributed by atoms with Crippen LogP contribution in [0, 0.1) is 0 Å². The number of rotatable bonds is 10. The van der Waals surface area contributed by atoms with Crippen LogP contribution >= 0.6 is 0 Å². The molecule has 0 aliphatic carbocycles. The Morgan fingerprint density at radius 1 is 0.853 bits per heavy atom. The number of ether oxygens (including phenoxy) is 4. The molecule has 3 heterocycles. The van der Waals surface area contributed by atoms with Crippen molar-refractivity contribution in [1.29, 1.82) is 0 Å². The number of amides is 1. The highest BCUT2D eigenvalue weighted by Crippen LogP contribution is 2.36. The van der Waals surface area contributed by atoms with Crippen LogP contribution in [0.1, 0.15) is 20.8 Å². The van der Waals surface area contributed by atoms with Crippen molar-refractivity contribution in [3.05, 3.63) is 36.8 Å². The van der Waals surface area contributed by atoms with Crippen LogP contribution in [0.25, 0.3) is 0 Å². The molecular formula is C22H30N4O8. The smallest absolute Gasteiger partial charge is 0.409 e. The summed E-state index contributed by atoms with van der Waals surface area (Å²) in [6.07, 6.45) is 5.56. The van der Waals surface area contributed by atoms with Crippen LogP contribution in [-0.2, 0) is 18.9 Å². The number of nitrogens with zero attached hydrogens (tertiary/aromatic N) is 4. The van der Waals surface area contributed by atoms with Gasteiger partial charge < -0.3 is 39.2 Å². The van der Waals surface area contributed by atoms with Gasteiger partial charge in [0.15, 0.2) is 12.2 Å². The minimum atomic E-state index is -2.10. The van der Waals surface area contributed by atoms with E-state index in [0.29, 0.717) is 5.90 Å². The highest BCUT2D eigenvalue weighted by Gasteiger charge is 2.58. The van der Waals surface area contributed by atoms with E-state index in [2.05, 4.69) is 15.0 Å². The number of carbonyl (C=O) groups is 1. The molecule has 3 N–H and O–H groups in total. The van der Waals surface area contributed by atoms with E-state index >= 15 is 0 Å². The summed E-state index contributed by atoms with van der Waals surface area (Å²) in [7, 11) is 2.98. The maximum atomic E-state index is 12.0. The molecule has 0 aromatic heterocycles. The summed E-state index contributed by atoms with van der Waals surface area (Å²) in [5, 5.41) is 34.4. The normalized spacial score (nSPS) is 22.5. The fourth-order valence-electron chi connectivity index (χ4n) is 3.47. The van der Waals surface area contributed by atoms with Crippen LogP contribution in [0.5, 0.6) is 0 Å². The van der Waals surface area contributed by atoms with Crippen molar-refractivity contribution in [2.24, 2.45) is 15.0 Å². The molecule has 0 radical (unpaired) electrons. The molecule has 5 atom stereocenters. The molecular weight excluding hydrogens is 448 g/mol. The lowest BCUT2D eigenvalue weighted by Crippen LogP contribution is -2.69. The predicted molar refractivity (Wildman–Crippen MR) is 122 cm³/mol.